The van der Waals surface area contributed by atoms with Crippen LogP contribution in [0.3, 0.4) is 0 Å². The Hall–Kier alpha value is -0.350. The molecule has 1 N–H and O–H groups in total. The van der Waals surface area contributed by atoms with Gasteiger partial charge in [0.2, 0.25) is 0 Å². The number of hydrogen-bond donors (Lipinski definition) is 1. The molecule has 19 heavy (non-hydrogen) atoms. The lowest BCUT2D eigenvalue weighted by molar-refractivity contribution is 0.0830. The summed E-state index contributed by atoms with van der Waals surface area (Å²) in [5.41, 5.74) is 1.03. The minimum atomic E-state index is 0.0723. The van der Waals surface area contributed by atoms with Crippen LogP contribution in [0.25, 0.3) is 0 Å². The Morgan fingerprint density at radius 1 is 1.37 bits per heavy atom. The fraction of sp³-hybridized carbons (Fsp3) is 0.667. The van der Waals surface area contributed by atoms with Crippen LogP contribution in [-0.4, -0.2) is 11.9 Å². The van der Waals surface area contributed by atoms with Crippen LogP contribution in [-0.2, 0) is 0 Å². The molecule has 1 aliphatic rings. The highest BCUT2D eigenvalue weighted by atomic mass is 79.9. The molecule has 1 saturated carbocycles. The molecule has 2 nitrogen and oxygen atoms in total. The molecule has 1 fully saturated rings. The maximum absolute atomic E-state index is 12.3. The first kappa shape index (κ1) is 15.0. The van der Waals surface area contributed by atoms with Crippen LogP contribution in [0.2, 0.25) is 0 Å². The van der Waals surface area contributed by atoms with Crippen molar-refractivity contribution in [3.8, 4) is 0 Å². The van der Waals surface area contributed by atoms with Gasteiger partial charge in [0.15, 0.2) is 0 Å². The van der Waals surface area contributed by atoms with E-state index in [1.807, 2.05) is 11.4 Å². The summed E-state index contributed by atoms with van der Waals surface area (Å²) in [6, 6.07) is 2.22. The average Bonchev–Trinajstić information content (AvgIpc) is 2.75. The Kier molecular flexibility index (Phi) is 4.72. The summed E-state index contributed by atoms with van der Waals surface area (Å²) in [6.07, 6.45) is 4.85. The van der Waals surface area contributed by atoms with Crippen molar-refractivity contribution in [1.82, 2.24) is 5.32 Å². The summed E-state index contributed by atoms with van der Waals surface area (Å²) in [7, 11) is 0. The molecule has 0 bridgehead atoms. The zero-order valence-electron chi connectivity index (χ0n) is 11.8. The summed E-state index contributed by atoms with van der Waals surface area (Å²) in [5, 5.41) is 5.16. The molecule has 0 aliphatic heterocycles. The zero-order valence-corrected chi connectivity index (χ0v) is 14.2. The van der Waals surface area contributed by atoms with E-state index in [4.69, 9.17) is 0 Å². The van der Waals surface area contributed by atoms with E-state index < -0.39 is 0 Å². The number of carbonyl (C=O) groups is 1. The lowest BCUT2D eigenvalue weighted by Crippen LogP contribution is -2.46. The van der Waals surface area contributed by atoms with Gasteiger partial charge < -0.3 is 5.32 Å². The molecule has 2 rings (SSSR count). The highest BCUT2D eigenvalue weighted by Crippen LogP contribution is 2.38. The van der Waals surface area contributed by atoms with E-state index in [0.717, 1.165) is 15.8 Å². The van der Waals surface area contributed by atoms with Crippen LogP contribution in [0.1, 0.15) is 56.8 Å². The molecular weight excluding hydrogens is 322 g/mol. The van der Waals surface area contributed by atoms with Crippen LogP contribution in [0.4, 0.5) is 0 Å². The number of nitrogens with one attached hydrogen (secondary N) is 1. The molecule has 0 spiro atoms. The second-order valence-electron chi connectivity index (χ2n) is 6.48. The van der Waals surface area contributed by atoms with Crippen molar-refractivity contribution < 1.29 is 4.79 Å². The Morgan fingerprint density at radius 2 is 2.05 bits per heavy atom. The molecule has 1 aromatic rings. The van der Waals surface area contributed by atoms with Crippen molar-refractivity contribution in [3.05, 3.63) is 20.8 Å². The second kappa shape index (κ2) is 5.96. The molecule has 1 aliphatic carbocycles. The summed E-state index contributed by atoms with van der Waals surface area (Å²) < 4.78 is 1.01. The van der Waals surface area contributed by atoms with Gasteiger partial charge in [-0.25, -0.2) is 0 Å². The van der Waals surface area contributed by atoms with Gasteiger partial charge in [0.25, 0.3) is 5.91 Å². The van der Waals surface area contributed by atoms with Gasteiger partial charge in [-0.2, -0.15) is 0 Å². The maximum Gasteiger partial charge on any atom is 0.252 e. The van der Waals surface area contributed by atoms with Gasteiger partial charge in [-0.3, -0.25) is 4.79 Å². The molecule has 2 unspecified atom stereocenters. The van der Waals surface area contributed by atoms with Gasteiger partial charge in [0, 0.05) is 11.4 Å². The quantitative estimate of drug-likeness (QED) is 0.817. The first-order chi connectivity index (χ1) is 8.88. The number of halogens is 1. The zero-order chi connectivity index (χ0) is 14.0. The fourth-order valence-corrected chi connectivity index (χ4v) is 4.16. The van der Waals surface area contributed by atoms with Gasteiger partial charge in [0.1, 0.15) is 0 Å². The Morgan fingerprint density at radius 3 is 2.63 bits per heavy atom. The van der Waals surface area contributed by atoms with E-state index in [2.05, 4.69) is 42.0 Å². The van der Waals surface area contributed by atoms with Crippen LogP contribution in [0.5, 0.6) is 0 Å². The molecule has 1 amide bonds. The van der Waals surface area contributed by atoms with E-state index in [0.29, 0.717) is 12.0 Å². The van der Waals surface area contributed by atoms with Gasteiger partial charge in [-0.15, -0.1) is 11.3 Å². The summed E-state index contributed by atoms with van der Waals surface area (Å²) in [6.45, 7) is 6.84. The van der Waals surface area contributed by atoms with Crippen molar-refractivity contribution in [2.45, 2.75) is 52.5 Å². The minimum Gasteiger partial charge on any atom is -0.349 e. The number of hydrogen-bond acceptors (Lipinski definition) is 2. The minimum absolute atomic E-state index is 0.0723. The van der Waals surface area contributed by atoms with Crippen molar-refractivity contribution in [2.24, 2.45) is 11.3 Å². The van der Waals surface area contributed by atoms with Crippen molar-refractivity contribution in [3.63, 3.8) is 0 Å². The van der Waals surface area contributed by atoms with Gasteiger partial charge >= 0.3 is 0 Å². The average molecular weight is 344 g/mol. The highest BCUT2D eigenvalue weighted by Gasteiger charge is 2.35. The van der Waals surface area contributed by atoms with E-state index in [-0.39, 0.29) is 11.3 Å². The van der Waals surface area contributed by atoms with Crippen LogP contribution in [0, 0.1) is 11.3 Å². The summed E-state index contributed by atoms with van der Waals surface area (Å²) >= 11 is 4.96. The van der Waals surface area contributed by atoms with E-state index >= 15 is 0 Å². The normalized spacial score (nSPS) is 24.2. The van der Waals surface area contributed by atoms with E-state index in [9.17, 15) is 4.79 Å². The standard InChI is InChI=1S/C15H22BrNOS/c1-15(2,3)11-6-4-5-7-12(11)17-14(18)10-8-13(16)19-9-10/h8-9,11-12H,4-7H2,1-3H3,(H,17,18). The second-order valence-corrected chi connectivity index (χ2v) is 8.77. The highest BCUT2D eigenvalue weighted by molar-refractivity contribution is 9.11. The number of rotatable bonds is 2. The van der Waals surface area contributed by atoms with Gasteiger partial charge in [-0.1, -0.05) is 33.6 Å². The monoisotopic (exact) mass is 343 g/mol. The van der Waals surface area contributed by atoms with E-state index in [1.165, 1.54) is 19.3 Å². The molecule has 0 radical (unpaired) electrons. The molecule has 0 saturated heterocycles. The lowest BCUT2D eigenvalue weighted by Gasteiger charge is -2.40. The predicted octanol–water partition coefficient (Wildman–Crippen LogP) is 4.85. The smallest absolute Gasteiger partial charge is 0.252 e. The molecule has 106 valence electrons. The third-order valence-corrected chi connectivity index (χ3v) is 5.53. The van der Waals surface area contributed by atoms with Gasteiger partial charge in [-0.05, 0) is 46.2 Å². The first-order valence-electron chi connectivity index (χ1n) is 6.93. The Balaban J connectivity index is 2.05. The van der Waals surface area contributed by atoms with Crippen molar-refractivity contribution >= 4 is 33.2 Å². The van der Waals surface area contributed by atoms with E-state index in [1.54, 1.807) is 11.3 Å². The topological polar surface area (TPSA) is 29.1 Å². The predicted molar refractivity (Wildman–Crippen MR) is 84.7 cm³/mol. The molecule has 2 atom stereocenters. The largest absolute Gasteiger partial charge is 0.349 e. The van der Waals surface area contributed by atoms with Crippen molar-refractivity contribution in [2.75, 3.05) is 0 Å². The summed E-state index contributed by atoms with van der Waals surface area (Å²) in [5.74, 6) is 0.648. The number of amides is 1. The molecular formula is C15H22BrNOS. The number of thiophene rings is 1. The molecule has 4 heteroatoms. The maximum atomic E-state index is 12.3. The SMILES string of the molecule is CC(C)(C)C1CCCCC1NC(=O)c1csc(Br)c1. The Bertz CT molecular complexity index is 449. The third kappa shape index (κ3) is 3.82. The first-order valence-corrected chi connectivity index (χ1v) is 8.60. The van der Waals surface area contributed by atoms with Crippen LogP contribution >= 0.6 is 27.3 Å². The van der Waals surface area contributed by atoms with Crippen LogP contribution < -0.4 is 5.32 Å². The van der Waals surface area contributed by atoms with Crippen molar-refractivity contribution in [1.29, 1.82) is 0 Å². The fourth-order valence-electron chi connectivity index (χ4n) is 3.02. The van der Waals surface area contributed by atoms with Crippen LogP contribution in [0.15, 0.2) is 15.2 Å². The molecule has 1 heterocycles. The number of carbonyl (C=O) groups excluding carboxylic acids is 1. The lowest BCUT2D eigenvalue weighted by atomic mass is 9.69. The Labute approximate surface area is 128 Å². The summed E-state index contributed by atoms with van der Waals surface area (Å²) in [4.78, 5) is 12.3. The van der Waals surface area contributed by atoms with Gasteiger partial charge in [0.05, 0.1) is 9.35 Å². The molecule has 1 aromatic heterocycles. The molecule has 0 aromatic carbocycles. The third-order valence-electron chi connectivity index (χ3n) is 4.02.